The van der Waals surface area contributed by atoms with Gasteiger partial charge in [0.05, 0.1) is 24.8 Å². The molecule has 0 aliphatic carbocycles. The molecule has 1 aliphatic heterocycles. The van der Waals surface area contributed by atoms with Gasteiger partial charge in [-0.15, -0.1) is 13.2 Å². The summed E-state index contributed by atoms with van der Waals surface area (Å²) in [5.74, 6) is -3.14. The van der Waals surface area contributed by atoms with Crippen LogP contribution in [-0.2, 0) is 9.53 Å². The maximum absolute atomic E-state index is 13.2. The summed E-state index contributed by atoms with van der Waals surface area (Å²) in [4.78, 5) is 21.8. The van der Waals surface area contributed by atoms with Gasteiger partial charge in [0, 0.05) is 33.4 Å². The number of fused-ring (bicyclic) bond motifs is 1. The minimum Gasteiger partial charge on any atom is -0.478 e. The molecule has 0 saturated heterocycles. The van der Waals surface area contributed by atoms with E-state index in [1.807, 2.05) is 6.07 Å². The fraction of sp³-hybridized carbons (Fsp3) is 0.364. The highest BCUT2D eigenvalue weighted by atomic mass is 79.9. The summed E-state index contributed by atoms with van der Waals surface area (Å²) in [6.45, 7) is 3.41. The second-order valence-electron chi connectivity index (χ2n) is 7.00. The van der Waals surface area contributed by atoms with Gasteiger partial charge >= 0.3 is 12.3 Å². The Balaban J connectivity index is 2.24. The molecule has 2 unspecified atom stereocenters. The highest BCUT2D eigenvalue weighted by Crippen LogP contribution is 2.49. The van der Waals surface area contributed by atoms with Gasteiger partial charge in [0.1, 0.15) is 18.3 Å². The first-order valence-corrected chi connectivity index (χ1v) is 10.7. The number of pyridine rings is 1. The Bertz CT molecular complexity index is 1120. The third-order valence-corrected chi connectivity index (χ3v) is 5.34. The Labute approximate surface area is 196 Å². The molecule has 1 aromatic heterocycles. The van der Waals surface area contributed by atoms with Gasteiger partial charge in [0.15, 0.2) is 0 Å². The van der Waals surface area contributed by atoms with Crippen molar-refractivity contribution in [1.82, 2.24) is 4.98 Å². The van der Waals surface area contributed by atoms with Crippen LogP contribution in [0.5, 0.6) is 11.6 Å². The SMILES string of the molecule is CCOc1nccc2c1C(c1ccc(Br)cc1OC(F)(F)F)C(C(=O)OCCC#N)C(C)=N2. The molecule has 0 spiro atoms. The van der Waals surface area contributed by atoms with Crippen LogP contribution in [-0.4, -0.2) is 36.2 Å². The van der Waals surface area contributed by atoms with Crippen molar-refractivity contribution in [3.05, 3.63) is 46.1 Å². The van der Waals surface area contributed by atoms with Crippen LogP contribution in [0.3, 0.4) is 0 Å². The molecule has 1 aromatic carbocycles. The molecule has 0 amide bonds. The quantitative estimate of drug-likeness (QED) is 0.352. The number of nitrogens with zero attached hydrogens (tertiary/aromatic N) is 3. The fourth-order valence-corrected chi connectivity index (χ4v) is 4.00. The van der Waals surface area contributed by atoms with E-state index in [0.29, 0.717) is 21.4 Å². The standard InChI is InChI=1S/C22H19BrF3N3O4/c1-3-31-20-19-15(7-9-28-20)29-12(2)17(21(30)32-10-4-8-27)18(19)14-6-5-13(23)11-16(14)33-22(24,25)26/h5-7,9,11,17-18H,3-4,10H2,1-2H3. The number of hydrogen-bond donors (Lipinski definition) is 0. The van der Waals surface area contributed by atoms with Crippen LogP contribution in [0, 0.1) is 17.2 Å². The van der Waals surface area contributed by atoms with E-state index in [0.717, 1.165) is 0 Å². The molecule has 2 atom stereocenters. The Morgan fingerprint density at radius 3 is 2.73 bits per heavy atom. The average molecular weight is 526 g/mol. The molecule has 0 N–H and O–H groups in total. The summed E-state index contributed by atoms with van der Waals surface area (Å²) in [5.41, 5.74) is 1.19. The van der Waals surface area contributed by atoms with Gasteiger partial charge in [-0.25, -0.2) is 4.98 Å². The third-order valence-electron chi connectivity index (χ3n) is 4.85. The van der Waals surface area contributed by atoms with Crippen molar-refractivity contribution in [2.24, 2.45) is 10.9 Å². The predicted octanol–water partition coefficient (Wildman–Crippen LogP) is 5.45. The highest BCUT2D eigenvalue weighted by Gasteiger charge is 2.43. The lowest BCUT2D eigenvalue weighted by Crippen LogP contribution is -2.34. The molecule has 2 aromatic rings. The average Bonchev–Trinajstić information content (AvgIpc) is 2.72. The summed E-state index contributed by atoms with van der Waals surface area (Å²) < 4.78 is 55.3. The van der Waals surface area contributed by atoms with Gasteiger partial charge in [-0.1, -0.05) is 22.0 Å². The molecule has 11 heteroatoms. The Morgan fingerprint density at radius 1 is 1.30 bits per heavy atom. The van der Waals surface area contributed by atoms with Crippen LogP contribution >= 0.6 is 15.9 Å². The molecule has 174 valence electrons. The number of ether oxygens (including phenoxy) is 3. The van der Waals surface area contributed by atoms with Crippen LogP contribution < -0.4 is 9.47 Å². The Hall–Kier alpha value is -3.13. The number of carbonyl (C=O) groups is 1. The summed E-state index contributed by atoms with van der Waals surface area (Å²) in [6.07, 6.45) is -3.52. The van der Waals surface area contributed by atoms with E-state index in [4.69, 9.17) is 14.7 Å². The largest absolute Gasteiger partial charge is 0.573 e. The minimum absolute atomic E-state index is 0.0254. The summed E-state index contributed by atoms with van der Waals surface area (Å²) in [6, 6.07) is 7.64. The van der Waals surface area contributed by atoms with Crippen molar-refractivity contribution in [2.45, 2.75) is 32.5 Å². The van der Waals surface area contributed by atoms with Crippen molar-refractivity contribution in [3.8, 4) is 17.7 Å². The topological polar surface area (TPSA) is 93.8 Å². The van der Waals surface area contributed by atoms with Gasteiger partial charge in [-0.2, -0.15) is 5.26 Å². The summed E-state index contributed by atoms with van der Waals surface area (Å²) in [5, 5.41) is 8.75. The van der Waals surface area contributed by atoms with Crippen molar-refractivity contribution in [3.63, 3.8) is 0 Å². The smallest absolute Gasteiger partial charge is 0.478 e. The number of carbonyl (C=O) groups excluding carboxylic acids is 1. The number of esters is 1. The lowest BCUT2D eigenvalue weighted by atomic mass is 9.76. The molecular formula is C22H19BrF3N3O4. The minimum atomic E-state index is -4.96. The van der Waals surface area contributed by atoms with Crippen LogP contribution in [0.1, 0.15) is 37.3 Å². The number of aliphatic imine (C=N–C) groups is 1. The molecule has 0 bridgehead atoms. The monoisotopic (exact) mass is 525 g/mol. The number of alkyl halides is 3. The second kappa shape index (κ2) is 10.2. The maximum atomic E-state index is 13.2. The van der Waals surface area contributed by atoms with Crippen LogP contribution in [0.4, 0.5) is 18.9 Å². The van der Waals surface area contributed by atoms with E-state index >= 15 is 0 Å². The summed E-state index contributed by atoms with van der Waals surface area (Å²) >= 11 is 3.17. The van der Waals surface area contributed by atoms with E-state index < -0.39 is 29.9 Å². The van der Waals surface area contributed by atoms with Crippen molar-refractivity contribution in [2.75, 3.05) is 13.2 Å². The lowest BCUT2D eigenvalue weighted by molar-refractivity contribution is -0.275. The van der Waals surface area contributed by atoms with Gasteiger partial charge in [0.2, 0.25) is 5.88 Å². The van der Waals surface area contributed by atoms with E-state index in [-0.39, 0.29) is 31.1 Å². The Kier molecular flexibility index (Phi) is 7.58. The molecule has 33 heavy (non-hydrogen) atoms. The maximum Gasteiger partial charge on any atom is 0.573 e. The zero-order valence-corrected chi connectivity index (χ0v) is 19.2. The van der Waals surface area contributed by atoms with Crippen LogP contribution in [0.2, 0.25) is 0 Å². The third kappa shape index (κ3) is 5.63. The number of hydrogen-bond acceptors (Lipinski definition) is 7. The zero-order chi connectivity index (χ0) is 24.2. The highest BCUT2D eigenvalue weighted by molar-refractivity contribution is 9.10. The van der Waals surface area contributed by atoms with Gasteiger partial charge in [0.25, 0.3) is 0 Å². The van der Waals surface area contributed by atoms with E-state index in [1.54, 1.807) is 26.0 Å². The van der Waals surface area contributed by atoms with Crippen LogP contribution in [0.25, 0.3) is 0 Å². The van der Waals surface area contributed by atoms with Gasteiger partial charge in [-0.3, -0.25) is 9.79 Å². The first-order valence-electron chi connectivity index (χ1n) is 9.92. The Morgan fingerprint density at radius 2 is 2.06 bits per heavy atom. The van der Waals surface area contributed by atoms with E-state index in [1.165, 1.54) is 18.3 Å². The molecule has 2 heterocycles. The van der Waals surface area contributed by atoms with E-state index in [9.17, 15) is 18.0 Å². The summed E-state index contributed by atoms with van der Waals surface area (Å²) in [7, 11) is 0. The second-order valence-corrected chi connectivity index (χ2v) is 7.91. The molecule has 3 rings (SSSR count). The van der Waals surface area contributed by atoms with Crippen molar-refractivity contribution < 1.29 is 32.2 Å². The lowest BCUT2D eigenvalue weighted by Gasteiger charge is -2.32. The molecule has 0 radical (unpaired) electrons. The predicted molar refractivity (Wildman–Crippen MR) is 116 cm³/mol. The normalized spacial score (nSPS) is 17.4. The molecule has 0 fully saturated rings. The first-order chi connectivity index (χ1) is 15.7. The van der Waals surface area contributed by atoms with Gasteiger partial charge in [-0.05, 0) is 32.0 Å². The zero-order valence-electron chi connectivity index (χ0n) is 17.6. The number of aromatic nitrogens is 1. The number of halogens is 4. The van der Waals surface area contributed by atoms with Crippen molar-refractivity contribution in [1.29, 1.82) is 5.26 Å². The van der Waals surface area contributed by atoms with Crippen molar-refractivity contribution >= 4 is 33.3 Å². The first kappa shape index (κ1) is 24.5. The number of rotatable bonds is 7. The van der Waals surface area contributed by atoms with E-state index in [2.05, 4.69) is 30.6 Å². The molecular weight excluding hydrogens is 507 g/mol. The van der Waals surface area contributed by atoms with Gasteiger partial charge < -0.3 is 14.2 Å². The molecule has 1 aliphatic rings. The molecule has 7 nitrogen and oxygen atoms in total. The van der Waals surface area contributed by atoms with Crippen LogP contribution in [0.15, 0.2) is 39.9 Å². The molecule has 0 saturated carbocycles. The number of benzene rings is 1. The number of nitriles is 1. The fourth-order valence-electron chi connectivity index (χ4n) is 3.66.